The SMILES string of the molecule is COCCn1c[n+](Cc2c(C)cc(C)cc2C)c2ccccc21. The lowest BCUT2D eigenvalue weighted by molar-refractivity contribution is -0.663. The molecule has 1 heterocycles. The molecular formula is C20H25N2O+. The van der Waals surface area contributed by atoms with Gasteiger partial charge >= 0.3 is 0 Å². The van der Waals surface area contributed by atoms with Crippen molar-refractivity contribution in [2.75, 3.05) is 13.7 Å². The second-order valence-electron chi connectivity index (χ2n) is 6.30. The van der Waals surface area contributed by atoms with Crippen molar-refractivity contribution < 1.29 is 9.30 Å². The molecule has 0 aliphatic heterocycles. The molecule has 0 atom stereocenters. The summed E-state index contributed by atoms with van der Waals surface area (Å²) >= 11 is 0. The Morgan fingerprint density at radius 1 is 1.04 bits per heavy atom. The van der Waals surface area contributed by atoms with E-state index < -0.39 is 0 Å². The van der Waals surface area contributed by atoms with Gasteiger partial charge in [-0.2, -0.15) is 0 Å². The lowest BCUT2D eigenvalue weighted by Crippen LogP contribution is -2.33. The Morgan fingerprint density at radius 2 is 1.74 bits per heavy atom. The second-order valence-corrected chi connectivity index (χ2v) is 6.30. The van der Waals surface area contributed by atoms with Crippen molar-refractivity contribution in [3.8, 4) is 0 Å². The highest BCUT2D eigenvalue weighted by Gasteiger charge is 2.16. The maximum Gasteiger partial charge on any atom is 0.245 e. The van der Waals surface area contributed by atoms with Gasteiger partial charge in [0.15, 0.2) is 11.0 Å². The van der Waals surface area contributed by atoms with Crippen LogP contribution in [-0.2, 0) is 17.8 Å². The highest BCUT2D eigenvalue weighted by atomic mass is 16.5. The summed E-state index contributed by atoms with van der Waals surface area (Å²) in [5, 5.41) is 0. The van der Waals surface area contributed by atoms with Gasteiger partial charge in [0.25, 0.3) is 0 Å². The van der Waals surface area contributed by atoms with Crippen LogP contribution < -0.4 is 4.57 Å². The van der Waals surface area contributed by atoms with E-state index in [-0.39, 0.29) is 0 Å². The number of para-hydroxylation sites is 2. The molecular weight excluding hydrogens is 284 g/mol. The van der Waals surface area contributed by atoms with Crippen molar-refractivity contribution in [2.45, 2.75) is 33.9 Å². The summed E-state index contributed by atoms with van der Waals surface area (Å²) in [5.41, 5.74) is 7.99. The van der Waals surface area contributed by atoms with Crippen LogP contribution in [0.15, 0.2) is 42.7 Å². The van der Waals surface area contributed by atoms with E-state index in [4.69, 9.17) is 4.74 Å². The Hall–Kier alpha value is -2.13. The Morgan fingerprint density at radius 3 is 2.43 bits per heavy atom. The minimum atomic E-state index is 0.723. The van der Waals surface area contributed by atoms with Crippen LogP contribution in [0.1, 0.15) is 22.3 Å². The van der Waals surface area contributed by atoms with Gasteiger partial charge in [0.05, 0.1) is 6.61 Å². The van der Waals surface area contributed by atoms with E-state index in [1.807, 2.05) is 0 Å². The smallest absolute Gasteiger partial charge is 0.245 e. The minimum absolute atomic E-state index is 0.723. The zero-order valence-electron chi connectivity index (χ0n) is 14.5. The van der Waals surface area contributed by atoms with E-state index in [2.05, 4.69) is 72.6 Å². The van der Waals surface area contributed by atoms with Gasteiger partial charge in [-0.05, 0) is 49.6 Å². The van der Waals surface area contributed by atoms with Gasteiger partial charge in [-0.1, -0.05) is 29.8 Å². The fourth-order valence-electron chi connectivity index (χ4n) is 3.37. The number of aromatic nitrogens is 2. The first-order chi connectivity index (χ1) is 11.1. The number of hydrogen-bond acceptors (Lipinski definition) is 1. The number of nitrogens with zero attached hydrogens (tertiary/aromatic N) is 2. The highest BCUT2D eigenvalue weighted by Crippen LogP contribution is 2.18. The third-order valence-electron chi connectivity index (χ3n) is 4.48. The molecule has 3 rings (SSSR count). The van der Waals surface area contributed by atoms with Crippen LogP contribution in [0.3, 0.4) is 0 Å². The summed E-state index contributed by atoms with van der Waals surface area (Å²) in [7, 11) is 1.75. The molecule has 0 aliphatic carbocycles. The Balaban J connectivity index is 2.04. The van der Waals surface area contributed by atoms with Crippen LogP contribution in [0.25, 0.3) is 11.0 Å². The molecule has 0 fully saturated rings. The van der Waals surface area contributed by atoms with E-state index in [0.717, 1.165) is 19.7 Å². The van der Waals surface area contributed by atoms with E-state index >= 15 is 0 Å². The van der Waals surface area contributed by atoms with E-state index in [1.54, 1.807) is 7.11 Å². The molecule has 0 aliphatic rings. The summed E-state index contributed by atoms with van der Waals surface area (Å²) in [6.45, 7) is 9.07. The molecule has 0 bridgehead atoms. The van der Waals surface area contributed by atoms with Crippen molar-refractivity contribution in [2.24, 2.45) is 0 Å². The predicted octanol–water partition coefficient (Wildman–Crippen LogP) is 3.55. The zero-order valence-corrected chi connectivity index (χ0v) is 14.5. The van der Waals surface area contributed by atoms with Crippen molar-refractivity contribution in [1.82, 2.24) is 4.57 Å². The molecule has 3 nitrogen and oxygen atoms in total. The first-order valence-corrected chi connectivity index (χ1v) is 8.13. The van der Waals surface area contributed by atoms with Crippen molar-refractivity contribution in [1.29, 1.82) is 0 Å². The van der Waals surface area contributed by atoms with Crippen LogP contribution in [0, 0.1) is 20.8 Å². The third-order valence-corrected chi connectivity index (χ3v) is 4.48. The maximum atomic E-state index is 5.24. The molecule has 0 amide bonds. The van der Waals surface area contributed by atoms with Gasteiger partial charge < -0.3 is 4.74 Å². The summed E-state index contributed by atoms with van der Waals surface area (Å²) in [5.74, 6) is 0. The largest absolute Gasteiger partial charge is 0.381 e. The fourth-order valence-corrected chi connectivity index (χ4v) is 3.37. The lowest BCUT2D eigenvalue weighted by atomic mass is 10.00. The summed E-state index contributed by atoms with van der Waals surface area (Å²) in [6.07, 6.45) is 2.21. The van der Waals surface area contributed by atoms with Gasteiger partial charge in [-0.25, -0.2) is 9.13 Å². The molecule has 0 radical (unpaired) electrons. The van der Waals surface area contributed by atoms with Gasteiger partial charge in [0.1, 0.15) is 13.1 Å². The molecule has 1 aromatic heterocycles. The zero-order chi connectivity index (χ0) is 16.4. The quantitative estimate of drug-likeness (QED) is 0.659. The van der Waals surface area contributed by atoms with E-state index in [1.165, 1.54) is 33.3 Å². The van der Waals surface area contributed by atoms with Crippen LogP contribution in [0.4, 0.5) is 0 Å². The van der Waals surface area contributed by atoms with Crippen LogP contribution >= 0.6 is 0 Å². The second kappa shape index (κ2) is 6.55. The highest BCUT2D eigenvalue weighted by molar-refractivity contribution is 5.71. The van der Waals surface area contributed by atoms with Gasteiger partial charge in [-0.15, -0.1) is 0 Å². The first-order valence-electron chi connectivity index (χ1n) is 8.13. The monoisotopic (exact) mass is 309 g/mol. The summed E-state index contributed by atoms with van der Waals surface area (Å²) < 4.78 is 9.86. The van der Waals surface area contributed by atoms with Crippen LogP contribution in [0.2, 0.25) is 0 Å². The molecule has 0 unspecified atom stereocenters. The lowest BCUT2D eigenvalue weighted by Gasteiger charge is -2.09. The van der Waals surface area contributed by atoms with Crippen molar-refractivity contribution in [3.05, 3.63) is 65.0 Å². The Kier molecular flexibility index (Phi) is 4.49. The van der Waals surface area contributed by atoms with E-state index in [9.17, 15) is 0 Å². The minimum Gasteiger partial charge on any atom is -0.381 e. The normalized spacial score (nSPS) is 11.3. The third kappa shape index (κ3) is 3.15. The number of ether oxygens (including phenoxy) is 1. The number of hydrogen-bond donors (Lipinski definition) is 0. The number of rotatable bonds is 5. The maximum absolute atomic E-state index is 5.24. The molecule has 120 valence electrons. The fraction of sp³-hybridized carbons (Fsp3) is 0.350. The molecule has 23 heavy (non-hydrogen) atoms. The average molecular weight is 309 g/mol. The molecule has 0 saturated heterocycles. The number of imidazole rings is 1. The van der Waals surface area contributed by atoms with Gasteiger partial charge in [-0.3, -0.25) is 0 Å². The molecule has 3 heteroatoms. The van der Waals surface area contributed by atoms with Gasteiger partial charge in [0.2, 0.25) is 6.33 Å². The number of fused-ring (bicyclic) bond motifs is 1. The molecule has 0 spiro atoms. The van der Waals surface area contributed by atoms with Crippen LogP contribution in [0.5, 0.6) is 0 Å². The average Bonchev–Trinajstić information content (AvgIpc) is 2.87. The number of methoxy groups -OCH3 is 1. The predicted molar refractivity (Wildman–Crippen MR) is 93.8 cm³/mol. The molecule has 3 aromatic rings. The van der Waals surface area contributed by atoms with Gasteiger partial charge in [0, 0.05) is 7.11 Å². The first kappa shape index (κ1) is 15.8. The van der Waals surface area contributed by atoms with E-state index in [0.29, 0.717) is 0 Å². The number of aryl methyl sites for hydroxylation is 3. The van der Waals surface area contributed by atoms with Crippen LogP contribution in [-0.4, -0.2) is 18.3 Å². The molecule has 0 saturated carbocycles. The summed E-state index contributed by atoms with van der Waals surface area (Å²) in [6, 6.07) is 13.1. The Labute approximate surface area is 138 Å². The van der Waals surface area contributed by atoms with Crippen molar-refractivity contribution >= 4 is 11.0 Å². The molecule has 2 aromatic carbocycles. The Bertz CT molecular complexity index is 810. The topological polar surface area (TPSA) is 18.0 Å². The standard InChI is InChI=1S/C20H25N2O/c1-15-11-16(2)18(17(3)12-15)13-22-14-21(9-10-23-4)19-7-5-6-8-20(19)22/h5-8,11-12,14H,9-10,13H2,1-4H3/q+1. The molecule has 0 N–H and O–H groups in total. The summed E-state index contributed by atoms with van der Waals surface area (Å²) in [4.78, 5) is 0. The van der Waals surface area contributed by atoms with Crippen molar-refractivity contribution in [3.63, 3.8) is 0 Å². The number of benzene rings is 2.